The summed E-state index contributed by atoms with van der Waals surface area (Å²) in [5, 5.41) is 0. The van der Waals surface area contributed by atoms with Gasteiger partial charge in [0.05, 0.1) is 11.1 Å². The second kappa shape index (κ2) is 5.43. The van der Waals surface area contributed by atoms with Crippen LogP contribution in [0.5, 0.6) is 0 Å². The zero-order chi connectivity index (χ0) is 14.8. The second-order valence-electron chi connectivity index (χ2n) is 4.06. The highest BCUT2D eigenvalue weighted by molar-refractivity contribution is 7.90. The van der Waals surface area contributed by atoms with E-state index in [-0.39, 0.29) is 10.8 Å². The number of rotatable bonds is 4. The molecule has 0 fully saturated rings. The summed E-state index contributed by atoms with van der Waals surface area (Å²) >= 11 is 0. The van der Waals surface area contributed by atoms with Crippen molar-refractivity contribution in [2.24, 2.45) is 5.73 Å². The predicted octanol–water partition coefficient (Wildman–Crippen LogP) is 0.560. The van der Waals surface area contributed by atoms with E-state index in [4.69, 9.17) is 10.2 Å². The number of nitrogens with one attached hydrogen (secondary N) is 1. The molecule has 1 heterocycles. The van der Waals surface area contributed by atoms with Gasteiger partial charge in [-0.15, -0.1) is 0 Å². The molecule has 0 bridgehead atoms. The fraction of sp³-hybridized carbons (Fsp3) is 0.167. The van der Waals surface area contributed by atoms with E-state index < -0.39 is 15.9 Å². The minimum atomic E-state index is -3.96. The van der Waals surface area contributed by atoms with E-state index in [9.17, 15) is 13.2 Å². The highest BCUT2D eigenvalue weighted by atomic mass is 32.2. The number of benzene rings is 1. The SMILES string of the molecule is Cc1cnc(C(=O)NS(=O)(=O)c2ccc(CN)cc2)o1. The Labute approximate surface area is 115 Å². The van der Waals surface area contributed by atoms with Gasteiger partial charge < -0.3 is 10.2 Å². The quantitative estimate of drug-likeness (QED) is 0.851. The molecule has 1 amide bonds. The lowest BCUT2D eigenvalue weighted by atomic mass is 10.2. The number of aryl methyl sites for hydroxylation is 1. The number of carbonyl (C=O) groups is 1. The molecule has 1 aromatic carbocycles. The average Bonchev–Trinajstić information content (AvgIpc) is 2.85. The summed E-state index contributed by atoms with van der Waals surface area (Å²) in [6.07, 6.45) is 1.33. The van der Waals surface area contributed by atoms with Crippen molar-refractivity contribution in [3.05, 3.63) is 47.7 Å². The van der Waals surface area contributed by atoms with Crippen molar-refractivity contribution in [1.82, 2.24) is 9.71 Å². The third kappa shape index (κ3) is 3.03. The molecule has 0 aliphatic carbocycles. The first-order chi connectivity index (χ1) is 9.42. The topological polar surface area (TPSA) is 115 Å². The summed E-state index contributed by atoms with van der Waals surface area (Å²) in [6, 6.07) is 5.90. The molecule has 0 saturated heterocycles. The van der Waals surface area contributed by atoms with Crippen LogP contribution in [0.1, 0.15) is 22.0 Å². The van der Waals surface area contributed by atoms with Crippen molar-refractivity contribution in [2.45, 2.75) is 18.4 Å². The van der Waals surface area contributed by atoms with Crippen molar-refractivity contribution >= 4 is 15.9 Å². The molecule has 2 aromatic rings. The van der Waals surface area contributed by atoms with Crippen LogP contribution in [-0.2, 0) is 16.6 Å². The first-order valence-corrected chi connectivity index (χ1v) is 7.19. The Bertz CT molecular complexity index is 719. The van der Waals surface area contributed by atoms with Crippen LogP contribution in [0.25, 0.3) is 0 Å². The summed E-state index contributed by atoms with van der Waals surface area (Å²) in [7, 11) is -3.96. The van der Waals surface area contributed by atoms with Gasteiger partial charge in [0.25, 0.3) is 15.9 Å². The van der Waals surface area contributed by atoms with Crippen molar-refractivity contribution < 1.29 is 17.6 Å². The number of aromatic nitrogens is 1. The standard InChI is InChI=1S/C12H13N3O4S/c1-8-7-14-12(19-8)11(16)15-20(17,18)10-4-2-9(6-13)3-5-10/h2-5,7H,6,13H2,1H3,(H,15,16). The summed E-state index contributed by atoms with van der Waals surface area (Å²) in [5.74, 6) is -0.800. The molecule has 1 aromatic heterocycles. The Morgan fingerprint density at radius 2 is 2.00 bits per heavy atom. The van der Waals surface area contributed by atoms with Crippen LogP contribution in [0.4, 0.5) is 0 Å². The van der Waals surface area contributed by atoms with Gasteiger partial charge in [0.2, 0.25) is 0 Å². The van der Waals surface area contributed by atoms with Crippen LogP contribution in [0, 0.1) is 6.92 Å². The molecular weight excluding hydrogens is 282 g/mol. The Kier molecular flexibility index (Phi) is 3.86. The lowest BCUT2D eigenvalue weighted by molar-refractivity contribution is 0.0946. The number of amides is 1. The summed E-state index contributed by atoms with van der Waals surface area (Å²) in [6.45, 7) is 1.91. The van der Waals surface area contributed by atoms with Crippen molar-refractivity contribution in [3.8, 4) is 0 Å². The molecular formula is C12H13N3O4S. The first kappa shape index (κ1) is 14.2. The van der Waals surface area contributed by atoms with E-state index in [1.807, 2.05) is 4.72 Å². The zero-order valence-corrected chi connectivity index (χ0v) is 11.5. The third-order valence-corrected chi connectivity index (χ3v) is 3.86. The molecule has 20 heavy (non-hydrogen) atoms. The van der Waals surface area contributed by atoms with Crippen LogP contribution >= 0.6 is 0 Å². The van der Waals surface area contributed by atoms with Crippen LogP contribution in [0.3, 0.4) is 0 Å². The molecule has 0 atom stereocenters. The molecule has 3 N–H and O–H groups in total. The van der Waals surface area contributed by atoms with E-state index in [0.29, 0.717) is 12.3 Å². The number of hydrogen-bond donors (Lipinski definition) is 2. The zero-order valence-electron chi connectivity index (χ0n) is 10.7. The maximum Gasteiger partial charge on any atom is 0.320 e. The van der Waals surface area contributed by atoms with Crippen LogP contribution < -0.4 is 10.5 Å². The molecule has 106 valence electrons. The largest absolute Gasteiger partial charge is 0.438 e. The molecule has 7 nitrogen and oxygen atoms in total. The molecule has 0 spiro atoms. The summed E-state index contributed by atoms with van der Waals surface area (Å²) in [4.78, 5) is 15.3. The van der Waals surface area contributed by atoms with Crippen molar-refractivity contribution in [3.63, 3.8) is 0 Å². The number of nitrogens with two attached hydrogens (primary N) is 1. The number of carbonyl (C=O) groups excluding carboxylic acids is 1. The van der Waals surface area contributed by atoms with E-state index in [1.54, 1.807) is 19.1 Å². The molecule has 8 heteroatoms. The normalized spacial score (nSPS) is 11.3. The minimum absolute atomic E-state index is 0.0358. The van der Waals surface area contributed by atoms with Crippen LogP contribution in [-0.4, -0.2) is 19.3 Å². The lowest BCUT2D eigenvalue weighted by Crippen LogP contribution is -2.30. The molecule has 0 aliphatic heterocycles. The molecule has 0 radical (unpaired) electrons. The van der Waals surface area contributed by atoms with Gasteiger partial charge >= 0.3 is 5.91 Å². The van der Waals surface area contributed by atoms with Gasteiger partial charge in [-0.3, -0.25) is 4.79 Å². The number of nitrogens with zero attached hydrogens (tertiary/aromatic N) is 1. The Balaban J connectivity index is 2.20. The van der Waals surface area contributed by atoms with Gasteiger partial charge in [-0.2, -0.15) is 0 Å². The number of sulfonamides is 1. The summed E-state index contributed by atoms with van der Waals surface area (Å²) in [5.41, 5.74) is 6.22. The molecule has 0 unspecified atom stereocenters. The smallest absolute Gasteiger partial charge is 0.320 e. The fourth-order valence-corrected chi connectivity index (χ4v) is 2.43. The van der Waals surface area contributed by atoms with E-state index in [2.05, 4.69) is 4.98 Å². The predicted molar refractivity (Wildman–Crippen MR) is 70.2 cm³/mol. The number of hydrogen-bond acceptors (Lipinski definition) is 6. The maximum absolute atomic E-state index is 12.0. The van der Waals surface area contributed by atoms with Crippen molar-refractivity contribution in [2.75, 3.05) is 0 Å². The van der Waals surface area contributed by atoms with Gasteiger partial charge in [0.15, 0.2) is 0 Å². The summed E-state index contributed by atoms with van der Waals surface area (Å²) < 4.78 is 30.8. The Morgan fingerprint density at radius 1 is 1.35 bits per heavy atom. The van der Waals surface area contributed by atoms with E-state index in [1.165, 1.54) is 18.3 Å². The van der Waals surface area contributed by atoms with Crippen LogP contribution in [0.15, 0.2) is 39.8 Å². The highest BCUT2D eigenvalue weighted by Gasteiger charge is 2.21. The average molecular weight is 295 g/mol. The minimum Gasteiger partial charge on any atom is -0.438 e. The molecule has 2 rings (SSSR count). The van der Waals surface area contributed by atoms with Gasteiger partial charge in [-0.05, 0) is 24.6 Å². The molecule has 0 aliphatic rings. The van der Waals surface area contributed by atoms with Gasteiger partial charge in [0.1, 0.15) is 5.76 Å². The lowest BCUT2D eigenvalue weighted by Gasteiger charge is -2.05. The van der Waals surface area contributed by atoms with Crippen molar-refractivity contribution in [1.29, 1.82) is 0 Å². The fourth-order valence-electron chi connectivity index (χ4n) is 1.49. The van der Waals surface area contributed by atoms with E-state index >= 15 is 0 Å². The van der Waals surface area contributed by atoms with E-state index in [0.717, 1.165) is 5.56 Å². The monoisotopic (exact) mass is 295 g/mol. The van der Waals surface area contributed by atoms with Crippen LogP contribution in [0.2, 0.25) is 0 Å². The Hall–Kier alpha value is -2.19. The Morgan fingerprint density at radius 3 is 2.50 bits per heavy atom. The second-order valence-corrected chi connectivity index (χ2v) is 5.74. The molecule has 0 saturated carbocycles. The number of oxazole rings is 1. The van der Waals surface area contributed by atoms with Gasteiger partial charge in [0, 0.05) is 6.54 Å². The maximum atomic E-state index is 12.0. The highest BCUT2D eigenvalue weighted by Crippen LogP contribution is 2.11. The van der Waals surface area contributed by atoms with Gasteiger partial charge in [-0.1, -0.05) is 12.1 Å². The third-order valence-electron chi connectivity index (χ3n) is 2.51. The van der Waals surface area contributed by atoms with Gasteiger partial charge in [-0.25, -0.2) is 18.1 Å². The first-order valence-electron chi connectivity index (χ1n) is 5.71.